The fraction of sp³-hybridized carbons (Fsp3) is 0. The number of hydrogen-bond donors (Lipinski definition) is 0. The Morgan fingerprint density at radius 1 is 0.553 bits per heavy atom. The van der Waals surface area contributed by atoms with Gasteiger partial charge in [0.2, 0.25) is 0 Å². The maximum absolute atomic E-state index is 5.10. The third-order valence-corrected chi connectivity index (χ3v) is 8.42. The summed E-state index contributed by atoms with van der Waals surface area (Å²) < 4.78 is 4.97. The number of hydrogen-bond acceptors (Lipinski definition) is 3. The molecule has 4 aromatic heterocycles. The average Bonchev–Trinajstić information content (AvgIpc) is 3.53. The monoisotopic (exact) mass is 503 g/mol. The van der Waals surface area contributed by atoms with Crippen LogP contribution in [0.4, 0.5) is 0 Å². The van der Waals surface area contributed by atoms with Crippen LogP contribution >= 0.6 is 11.3 Å². The molecule has 0 spiro atoms. The summed E-state index contributed by atoms with van der Waals surface area (Å²) in [6.07, 6.45) is 3.89. The summed E-state index contributed by atoms with van der Waals surface area (Å²) in [5, 5.41) is 5.11. The molecule has 0 saturated carbocycles. The van der Waals surface area contributed by atoms with Gasteiger partial charge in [0.15, 0.2) is 0 Å². The van der Waals surface area contributed by atoms with Gasteiger partial charge in [-0.25, -0.2) is 4.98 Å². The van der Waals surface area contributed by atoms with Gasteiger partial charge in [0.25, 0.3) is 0 Å². The highest BCUT2D eigenvalue weighted by Crippen LogP contribution is 2.43. The molecule has 38 heavy (non-hydrogen) atoms. The molecule has 4 aromatic carbocycles. The zero-order valence-corrected chi connectivity index (χ0v) is 21.2. The number of pyridine rings is 2. The van der Waals surface area contributed by atoms with E-state index in [-0.39, 0.29) is 0 Å². The summed E-state index contributed by atoms with van der Waals surface area (Å²) in [5.74, 6) is 0. The molecule has 8 rings (SSSR count). The maximum Gasteiger partial charge on any atom is 0.0730 e. The van der Waals surface area contributed by atoms with E-state index in [4.69, 9.17) is 4.98 Å². The van der Waals surface area contributed by atoms with Crippen LogP contribution in [0.3, 0.4) is 0 Å². The summed E-state index contributed by atoms with van der Waals surface area (Å²) in [6, 6.07) is 40.6. The van der Waals surface area contributed by atoms with Crippen LogP contribution in [-0.2, 0) is 0 Å². The van der Waals surface area contributed by atoms with Crippen LogP contribution in [-0.4, -0.2) is 14.5 Å². The quantitative estimate of drug-likeness (QED) is 0.240. The van der Waals surface area contributed by atoms with Crippen LogP contribution in [0.25, 0.3) is 70.2 Å². The van der Waals surface area contributed by atoms with Gasteiger partial charge in [-0.2, -0.15) is 0 Å². The maximum atomic E-state index is 5.10. The van der Waals surface area contributed by atoms with Crippen LogP contribution in [0, 0.1) is 0 Å². The first kappa shape index (κ1) is 21.3. The summed E-state index contributed by atoms with van der Waals surface area (Å²) in [7, 11) is 0. The van der Waals surface area contributed by atoms with Crippen molar-refractivity contribution in [3.05, 3.63) is 128 Å². The van der Waals surface area contributed by atoms with Gasteiger partial charge >= 0.3 is 0 Å². The largest absolute Gasteiger partial charge is 0.308 e. The molecule has 8 aromatic rings. The van der Waals surface area contributed by atoms with E-state index in [2.05, 4.69) is 113 Å². The Morgan fingerprint density at radius 3 is 1.97 bits per heavy atom. The van der Waals surface area contributed by atoms with Crippen molar-refractivity contribution in [1.82, 2.24) is 14.5 Å². The predicted octanol–water partition coefficient (Wildman–Crippen LogP) is 9.28. The van der Waals surface area contributed by atoms with Gasteiger partial charge in [-0.15, -0.1) is 11.3 Å². The number of thiophene rings is 1. The standard InChI is InChI=1S/C34H21N3S/c1-3-9-22(10-4-1)27-19-24(20-28(36-27)23-11-5-2-6-12-23)37-29-15-16-32-34(26-13-7-8-14-31(26)38-32)33(29)25-17-18-35-21-30(25)37/h1-21H. The Morgan fingerprint density at radius 2 is 1.24 bits per heavy atom. The number of rotatable bonds is 3. The first-order valence-corrected chi connectivity index (χ1v) is 13.5. The number of benzene rings is 4. The third-order valence-electron chi connectivity index (χ3n) is 7.28. The normalized spacial score (nSPS) is 11.7. The van der Waals surface area contributed by atoms with Gasteiger partial charge in [0, 0.05) is 48.3 Å². The molecular weight excluding hydrogens is 482 g/mol. The molecule has 4 heterocycles. The smallest absolute Gasteiger partial charge is 0.0730 e. The first-order chi connectivity index (χ1) is 18.8. The van der Waals surface area contributed by atoms with Crippen LogP contribution in [0.5, 0.6) is 0 Å². The predicted molar refractivity (Wildman–Crippen MR) is 160 cm³/mol. The van der Waals surface area contributed by atoms with Gasteiger partial charge in [-0.1, -0.05) is 78.9 Å². The molecule has 178 valence electrons. The van der Waals surface area contributed by atoms with Crippen LogP contribution in [0.2, 0.25) is 0 Å². The van der Waals surface area contributed by atoms with Crippen molar-refractivity contribution >= 4 is 53.3 Å². The number of aromatic nitrogens is 3. The van der Waals surface area contributed by atoms with Gasteiger partial charge in [0.1, 0.15) is 0 Å². The molecule has 0 saturated heterocycles. The molecule has 0 aliphatic rings. The highest BCUT2D eigenvalue weighted by molar-refractivity contribution is 7.26. The number of fused-ring (bicyclic) bond motifs is 7. The molecule has 3 nitrogen and oxygen atoms in total. The van der Waals surface area contributed by atoms with E-state index >= 15 is 0 Å². The van der Waals surface area contributed by atoms with Gasteiger partial charge in [-0.05, 0) is 36.4 Å². The van der Waals surface area contributed by atoms with E-state index in [1.54, 1.807) is 0 Å². The van der Waals surface area contributed by atoms with E-state index in [0.29, 0.717) is 0 Å². The van der Waals surface area contributed by atoms with Crippen molar-refractivity contribution in [3.63, 3.8) is 0 Å². The lowest BCUT2D eigenvalue weighted by atomic mass is 10.1. The highest BCUT2D eigenvalue weighted by atomic mass is 32.1. The Kier molecular flexibility index (Phi) is 4.69. The fourth-order valence-corrected chi connectivity index (χ4v) is 6.72. The fourth-order valence-electron chi connectivity index (χ4n) is 5.61. The van der Waals surface area contributed by atoms with Gasteiger partial charge < -0.3 is 4.57 Å². The first-order valence-electron chi connectivity index (χ1n) is 12.7. The molecule has 0 amide bonds. The average molecular weight is 504 g/mol. The Bertz CT molecular complexity index is 2070. The lowest BCUT2D eigenvalue weighted by molar-refractivity contribution is 1.15. The molecule has 0 N–H and O–H groups in total. The van der Waals surface area contributed by atoms with Crippen LogP contribution in [0.1, 0.15) is 0 Å². The molecule has 0 aliphatic carbocycles. The molecule has 0 radical (unpaired) electrons. The number of nitrogens with zero attached hydrogens (tertiary/aromatic N) is 3. The van der Waals surface area contributed by atoms with E-state index in [1.165, 1.54) is 36.5 Å². The second kappa shape index (κ2) is 8.37. The molecule has 0 bridgehead atoms. The second-order valence-corrected chi connectivity index (χ2v) is 10.6. The minimum atomic E-state index is 0.947. The van der Waals surface area contributed by atoms with E-state index in [9.17, 15) is 0 Å². The van der Waals surface area contributed by atoms with E-state index in [1.807, 2.05) is 35.9 Å². The molecular formula is C34H21N3S. The Labute approximate surface area is 223 Å². The van der Waals surface area contributed by atoms with Crippen molar-refractivity contribution in [2.24, 2.45) is 0 Å². The van der Waals surface area contributed by atoms with E-state index in [0.717, 1.165) is 33.7 Å². The summed E-state index contributed by atoms with van der Waals surface area (Å²) in [4.78, 5) is 9.65. The summed E-state index contributed by atoms with van der Waals surface area (Å²) in [6.45, 7) is 0. The second-order valence-electron chi connectivity index (χ2n) is 9.49. The van der Waals surface area contributed by atoms with Crippen LogP contribution < -0.4 is 0 Å². The molecule has 0 atom stereocenters. The van der Waals surface area contributed by atoms with Gasteiger partial charge in [-0.3, -0.25) is 4.98 Å². The summed E-state index contributed by atoms with van der Waals surface area (Å²) >= 11 is 1.85. The highest BCUT2D eigenvalue weighted by Gasteiger charge is 2.19. The van der Waals surface area contributed by atoms with E-state index < -0.39 is 0 Å². The lowest BCUT2D eigenvalue weighted by Gasteiger charge is -2.13. The van der Waals surface area contributed by atoms with Crippen molar-refractivity contribution in [2.75, 3.05) is 0 Å². The Hall–Kier alpha value is -4.80. The zero-order valence-electron chi connectivity index (χ0n) is 20.4. The van der Waals surface area contributed by atoms with Crippen molar-refractivity contribution in [2.45, 2.75) is 0 Å². The molecule has 0 fully saturated rings. The molecule has 0 aliphatic heterocycles. The van der Waals surface area contributed by atoms with Crippen LogP contribution in [0.15, 0.2) is 128 Å². The topological polar surface area (TPSA) is 30.7 Å². The lowest BCUT2D eigenvalue weighted by Crippen LogP contribution is -1.98. The molecule has 0 unspecified atom stereocenters. The zero-order chi connectivity index (χ0) is 25.1. The van der Waals surface area contributed by atoms with Crippen molar-refractivity contribution in [1.29, 1.82) is 0 Å². The SMILES string of the molecule is c1ccc(-c2cc(-n3c4cnccc4c4c5c(ccc43)sc3ccccc35)cc(-c3ccccc3)n2)cc1. The Balaban J connectivity index is 1.51. The molecule has 4 heteroatoms. The summed E-state index contributed by atoms with van der Waals surface area (Å²) in [5.41, 5.74) is 7.42. The van der Waals surface area contributed by atoms with Gasteiger partial charge in [0.05, 0.1) is 34.3 Å². The third kappa shape index (κ3) is 3.21. The van der Waals surface area contributed by atoms with Crippen molar-refractivity contribution < 1.29 is 0 Å². The minimum absolute atomic E-state index is 0.947. The van der Waals surface area contributed by atoms with Crippen molar-refractivity contribution in [3.8, 4) is 28.2 Å². The minimum Gasteiger partial charge on any atom is -0.308 e.